The number of aliphatic hydroxyl groups excluding tert-OH is 1. The van der Waals surface area contributed by atoms with Gasteiger partial charge in [0, 0.05) is 24.9 Å². The second-order valence-corrected chi connectivity index (χ2v) is 5.21. The number of H-pyrrole nitrogens is 1. The average molecular weight is 342 g/mol. The van der Waals surface area contributed by atoms with Crippen molar-refractivity contribution >= 4 is 0 Å². The smallest absolute Gasteiger partial charge is 0.248 e. The third-order valence-electron chi connectivity index (χ3n) is 3.57. The maximum absolute atomic E-state index is 11.3. The molecule has 2 heterocycles. The minimum absolute atomic E-state index is 0.207. The minimum Gasteiger partial charge on any atom is -0.491 e. The van der Waals surface area contributed by atoms with Gasteiger partial charge in [0.05, 0.1) is 12.3 Å². The highest BCUT2D eigenvalue weighted by Crippen LogP contribution is 2.24. The molecule has 0 aliphatic heterocycles. The van der Waals surface area contributed by atoms with E-state index in [1.54, 1.807) is 23.9 Å². The van der Waals surface area contributed by atoms with Crippen molar-refractivity contribution < 1.29 is 14.6 Å². The molecule has 0 amide bonds. The lowest BCUT2D eigenvalue weighted by molar-refractivity contribution is 0.146. The number of pyridine rings is 1. The summed E-state index contributed by atoms with van der Waals surface area (Å²) >= 11 is 0. The van der Waals surface area contributed by atoms with Crippen LogP contribution >= 0.6 is 0 Å². The van der Waals surface area contributed by atoms with Gasteiger partial charge in [0.15, 0.2) is 11.6 Å². The van der Waals surface area contributed by atoms with Gasteiger partial charge in [-0.1, -0.05) is 0 Å². The van der Waals surface area contributed by atoms with Crippen LogP contribution in [0.2, 0.25) is 0 Å². The van der Waals surface area contributed by atoms with Crippen LogP contribution in [0.25, 0.3) is 17.1 Å². The molecule has 1 aromatic carbocycles. The number of nitrogens with one attached hydrogen (secondary N) is 1. The van der Waals surface area contributed by atoms with E-state index in [0.29, 0.717) is 30.5 Å². The van der Waals surface area contributed by atoms with E-state index in [1.807, 2.05) is 24.3 Å². The number of hydrogen-bond donors (Lipinski definition) is 2. The number of nitrogens with zero attached hydrogens (tertiary/aromatic N) is 3. The van der Waals surface area contributed by atoms with Crippen LogP contribution in [0.4, 0.5) is 0 Å². The van der Waals surface area contributed by atoms with Crippen molar-refractivity contribution in [2.24, 2.45) is 0 Å². The highest BCUT2D eigenvalue weighted by molar-refractivity contribution is 5.59. The molecule has 0 unspecified atom stereocenters. The fourth-order valence-electron chi connectivity index (χ4n) is 2.36. The Labute approximate surface area is 143 Å². The van der Waals surface area contributed by atoms with Crippen molar-refractivity contribution in [3.63, 3.8) is 0 Å². The van der Waals surface area contributed by atoms with Gasteiger partial charge in [0.1, 0.15) is 19.0 Å². The first kappa shape index (κ1) is 16.9. The van der Waals surface area contributed by atoms with E-state index < -0.39 is 0 Å². The van der Waals surface area contributed by atoms with E-state index in [0.717, 1.165) is 11.3 Å². The zero-order valence-electron chi connectivity index (χ0n) is 13.7. The number of hydrogen-bond acceptors (Lipinski definition) is 6. The molecule has 0 aliphatic carbocycles. The summed E-state index contributed by atoms with van der Waals surface area (Å²) in [4.78, 5) is 13.9. The fraction of sp³-hybridized carbons (Fsp3) is 0.235. The molecule has 2 aromatic heterocycles. The summed E-state index contributed by atoms with van der Waals surface area (Å²) in [7, 11) is 1.62. The lowest BCUT2D eigenvalue weighted by Crippen LogP contribution is -2.08. The van der Waals surface area contributed by atoms with E-state index in [-0.39, 0.29) is 12.2 Å². The first-order chi connectivity index (χ1) is 12.2. The van der Waals surface area contributed by atoms with Crippen molar-refractivity contribution in [2.75, 3.05) is 20.3 Å². The number of rotatable bonds is 7. The van der Waals surface area contributed by atoms with Gasteiger partial charge in [-0.2, -0.15) is 0 Å². The second-order valence-electron chi connectivity index (χ2n) is 5.21. The third-order valence-corrected chi connectivity index (χ3v) is 3.57. The quantitative estimate of drug-likeness (QED) is 0.624. The van der Waals surface area contributed by atoms with Crippen molar-refractivity contribution in [1.82, 2.24) is 19.7 Å². The van der Waals surface area contributed by atoms with Gasteiger partial charge in [-0.25, -0.2) is 0 Å². The van der Waals surface area contributed by atoms with E-state index in [4.69, 9.17) is 9.47 Å². The molecule has 8 heteroatoms. The molecule has 0 spiro atoms. The van der Waals surface area contributed by atoms with E-state index in [1.165, 1.54) is 6.07 Å². The Balaban J connectivity index is 1.93. The molecule has 0 radical (unpaired) electrons. The molecular weight excluding hydrogens is 324 g/mol. The molecule has 2 N–H and O–H groups in total. The Morgan fingerprint density at radius 1 is 1.12 bits per heavy atom. The van der Waals surface area contributed by atoms with Gasteiger partial charge in [-0.15, -0.1) is 10.2 Å². The Morgan fingerprint density at radius 2 is 1.92 bits per heavy atom. The van der Waals surface area contributed by atoms with Gasteiger partial charge in [-0.3, -0.25) is 9.36 Å². The van der Waals surface area contributed by atoms with Crippen LogP contribution in [0.5, 0.6) is 5.75 Å². The summed E-state index contributed by atoms with van der Waals surface area (Å²) in [6, 6.07) is 10.4. The van der Waals surface area contributed by atoms with Crippen LogP contribution in [0, 0.1) is 0 Å². The van der Waals surface area contributed by atoms with Gasteiger partial charge in [0.2, 0.25) is 5.56 Å². The van der Waals surface area contributed by atoms with Crippen LogP contribution < -0.4 is 10.3 Å². The maximum Gasteiger partial charge on any atom is 0.248 e. The van der Waals surface area contributed by atoms with Gasteiger partial charge >= 0.3 is 0 Å². The number of aromatic amines is 1. The summed E-state index contributed by atoms with van der Waals surface area (Å²) < 4.78 is 12.2. The lowest BCUT2D eigenvalue weighted by Gasteiger charge is -2.10. The Kier molecular flexibility index (Phi) is 5.22. The number of benzene rings is 1. The molecule has 3 aromatic rings. The summed E-state index contributed by atoms with van der Waals surface area (Å²) in [6.07, 6.45) is 1.55. The van der Waals surface area contributed by atoms with Crippen LogP contribution in [0.1, 0.15) is 5.82 Å². The molecule has 0 aliphatic rings. The van der Waals surface area contributed by atoms with Gasteiger partial charge in [0.25, 0.3) is 0 Å². The standard InChI is InChI=1S/C17H18N4O4/c1-24-8-9-25-14-5-2-12(3-6-14)17-20-19-15(11-22)21(17)13-4-7-16(23)18-10-13/h2-7,10,22H,8-9,11H2,1H3,(H,18,23). The topological polar surface area (TPSA) is 102 Å². The largest absolute Gasteiger partial charge is 0.491 e. The van der Waals surface area contributed by atoms with Crippen LogP contribution in [-0.2, 0) is 11.3 Å². The Bertz CT molecular complexity index is 866. The summed E-state index contributed by atoms with van der Waals surface area (Å²) in [5, 5.41) is 17.7. The summed E-state index contributed by atoms with van der Waals surface area (Å²) in [5.41, 5.74) is 1.25. The number of methoxy groups -OCH3 is 1. The first-order valence-electron chi connectivity index (χ1n) is 7.69. The predicted octanol–water partition coefficient (Wildman–Crippen LogP) is 1.14. The summed E-state index contributed by atoms with van der Waals surface area (Å²) in [6.45, 7) is 0.713. The minimum atomic E-state index is -0.273. The molecule has 25 heavy (non-hydrogen) atoms. The zero-order chi connectivity index (χ0) is 17.6. The first-order valence-corrected chi connectivity index (χ1v) is 7.69. The predicted molar refractivity (Wildman–Crippen MR) is 90.7 cm³/mol. The Hall–Kier alpha value is -2.97. The average Bonchev–Trinajstić information content (AvgIpc) is 3.07. The van der Waals surface area contributed by atoms with Crippen molar-refractivity contribution in [3.05, 3.63) is 58.8 Å². The Morgan fingerprint density at radius 3 is 2.56 bits per heavy atom. The normalized spacial score (nSPS) is 10.8. The molecule has 0 saturated carbocycles. The van der Waals surface area contributed by atoms with Crippen LogP contribution in [0.15, 0.2) is 47.4 Å². The third kappa shape index (κ3) is 3.76. The van der Waals surface area contributed by atoms with Crippen LogP contribution in [0.3, 0.4) is 0 Å². The molecule has 0 bridgehead atoms. The SMILES string of the molecule is COCCOc1ccc(-c2nnc(CO)n2-c2ccc(=O)[nH]c2)cc1. The fourth-order valence-corrected chi connectivity index (χ4v) is 2.36. The monoisotopic (exact) mass is 342 g/mol. The van der Waals surface area contributed by atoms with Crippen molar-refractivity contribution in [3.8, 4) is 22.8 Å². The molecule has 3 rings (SSSR count). The van der Waals surface area contributed by atoms with Crippen LogP contribution in [-0.4, -0.2) is 45.2 Å². The number of aliphatic hydroxyl groups is 1. The van der Waals surface area contributed by atoms with Crippen molar-refractivity contribution in [2.45, 2.75) is 6.61 Å². The van der Waals surface area contributed by atoms with Gasteiger partial charge in [-0.05, 0) is 30.3 Å². The summed E-state index contributed by atoms with van der Waals surface area (Å²) in [5.74, 6) is 1.65. The zero-order valence-corrected chi connectivity index (χ0v) is 13.7. The molecular formula is C17H18N4O4. The molecule has 8 nitrogen and oxygen atoms in total. The lowest BCUT2D eigenvalue weighted by atomic mass is 10.2. The number of ether oxygens (including phenoxy) is 2. The van der Waals surface area contributed by atoms with Crippen molar-refractivity contribution in [1.29, 1.82) is 0 Å². The van der Waals surface area contributed by atoms with E-state index in [2.05, 4.69) is 15.2 Å². The van der Waals surface area contributed by atoms with E-state index in [9.17, 15) is 9.90 Å². The highest BCUT2D eigenvalue weighted by atomic mass is 16.5. The molecule has 0 saturated heterocycles. The maximum atomic E-state index is 11.3. The molecule has 0 atom stereocenters. The highest BCUT2D eigenvalue weighted by Gasteiger charge is 2.15. The molecule has 0 fully saturated rings. The second kappa shape index (κ2) is 7.73. The van der Waals surface area contributed by atoms with Gasteiger partial charge < -0.3 is 19.6 Å². The van der Waals surface area contributed by atoms with E-state index >= 15 is 0 Å². The molecule has 130 valence electrons. The number of aromatic nitrogens is 4.